The number of thiophene rings is 1. The van der Waals surface area contributed by atoms with Gasteiger partial charge in [0.15, 0.2) is 6.29 Å². The fourth-order valence-electron chi connectivity index (χ4n) is 5.62. The number of hydroxylamine groups is 1. The summed E-state index contributed by atoms with van der Waals surface area (Å²) in [5, 5.41) is 13.5. The van der Waals surface area contributed by atoms with E-state index in [1.165, 1.54) is 29.8 Å². The number of hydrogen-bond acceptors (Lipinski definition) is 9. The van der Waals surface area contributed by atoms with Crippen LogP contribution in [-0.4, -0.2) is 44.5 Å². The highest BCUT2D eigenvalue weighted by Gasteiger charge is 2.18. The number of amides is 2. The van der Waals surface area contributed by atoms with Gasteiger partial charge in [0.2, 0.25) is 11.8 Å². The summed E-state index contributed by atoms with van der Waals surface area (Å²) < 4.78 is 20.9. The minimum absolute atomic E-state index is 0.0542. The van der Waals surface area contributed by atoms with Gasteiger partial charge in [-0.05, 0) is 74.1 Å². The number of hydrogen-bond donors (Lipinski definition) is 3. The van der Waals surface area contributed by atoms with Crippen LogP contribution in [0, 0.1) is 12.7 Å². The van der Waals surface area contributed by atoms with Crippen molar-refractivity contribution in [3.8, 4) is 0 Å². The minimum atomic E-state index is -0.348. The van der Waals surface area contributed by atoms with E-state index in [0.29, 0.717) is 31.8 Å². The second kappa shape index (κ2) is 15.4. The normalized spacial score (nSPS) is 14.8. The second-order valence-corrected chi connectivity index (χ2v) is 12.7. The lowest BCUT2D eigenvalue weighted by Gasteiger charge is -2.22. The average Bonchev–Trinajstić information content (AvgIpc) is 3.62. The first-order valence-electron chi connectivity index (χ1n) is 16.0. The van der Waals surface area contributed by atoms with Gasteiger partial charge in [-0.3, -0.25) is 14.3 Å². The van der Waals surface area contributed by atoms with Crippen LogP contribution in [-0.2, 0) is 25.7 Å². The van der Waals surface area contributed by atoms with Crippen LogP contribution in [0.3, 0.4) is 0 Å². The highest BCUT2D eigenvalue weighted by atomic mass is 32.1. The third-order valence-corrected chi connectivity index (χ3v) is 9.22. The van der Waals surface area contributed by atoms with Gasteiger partial charge in [0.1, 0.15) is 27.8 Å². The summed E-state index contributed by atoms with van der Waals surface area (Å²) in [5.74, 6) is 0.177. The van der Waals surface area contributed by atoms with E-state index < -0.39 is 0 Å². The number of unbranched alkanes of at least 4 members (excludes halogenated alkanes) is 3. The van der Waals surface area contributed by atoms with Gasteiger partial charge in [-0.15, -0.1) is 0 Å². The van der Waals surface area contributed by atoms with E-state index in [4.69, 9.17) is 9.57 Å². The predicted octanol–water partition coefficient (Wildman–Crippen LogP) is 7.13. The van der Waals surface area contributed by atoms with Gasteiger partial charge in [0.25, 0.3) is 0 Å². The molecule has 5 aromatic rings. The fraction of sp³-hybridized carbons (Fsp3) is 0.382. The lowest BCUT2D eigenvalue weighted by molar-refractivity contribution is -0.200. The van der Waals surface area contributed by atoms with Crippen LogP contribution in [0.15, 0.2) is 55.0 Å². The molecular formula is C34H38FN7O4S. The number of fused-ring (bicyclic) bond motifs is 2. The molecule has 1 fully saturated rings. The number of carbonyl (C=O) groups is 2. The lowest BCUT2D eigenvalue weighted by Crippen LogP contribution is -2.32. The summed E-state index contributed by atoms with van der Waals surface area (Å²) in [6, 6.07) is 12.4. The first-order chi connectivity index (χ1) is 22.9. The zero-order chi connectivity index (χ0) is 32.6. The molecule has 0 saturated carbocycles. The van der Waals surface area contributed by atoms with Gasteiger partial charge in [-0.1, -0.05) is 36.3 Å². The Bertz CT molecular complexity index is 1850. The smallest absolute Gasteiger partial charge is 0.243 e. The maximum Gasteiger partial charge on any atom is 0.243 e. The van der Waals surface area contributed by atoms with Crippen molar-refractivity contribution >= 4 is 60.8 Å². The van der Waals surface area contributed by atoms with Crippen LogP contribution in [0.25, 0.3) is 21.1 Å². The number of carbonyl (C=O) groups excluding carboxylic acids is 2. The molecule has 2 aromatic carbocycles. The Hall–Kier alpha value is -4.46. The van der Waals surface area contributed by atoms with Crippen molar-refractivity contribution in [2.24, 2.45) is 0 Å². The van der Waals surface area contributed by atoms with Crippen molar-refractivity contribution in [2.75, 3.05) is 17.2 Å². The van der Waals surface area contributed by atoms with E-state index in [1.54, 1.807) is 12.3 Å². The highest BCUT2D eigenvalue weighted by molar-refractivity contribution is 7.22. The van der Waals surface area contributed by atoms with E-state index in [0.717, 1.165) is 87.9 Å². The Morgan fingerprint density at radius 2 is 1.91 bits per heavy atom. The van der Waals surface area contributed by atoms with E-state index in [1.807, 2.05) is 35.9 Å². The summed E-state index contributed by atoms with van der Waals surface area (Å²) >= 11 is 1.42. The molecule has 1 unspecified atom stereocenters. The number of aryl methyl sites for hydroxylation is 1. The maximum absolute atomic E-state index is 13.7. The van der Waals surface area contributed by atoms with Crippen molar-refractivity contribution in [3.05, 3.63) is 71.9 Å². The fourth-order valence-corrected chi connectivity index (χ4v) is 6.69. The Morgan fingerprint density at radius 3 is 2.72 bits per heavy atom. The molecule has 3 N–H and O–H groups in total. The third kappa shape index (κ3) is 8.47. The molecular weight excluding hydrogens is 621 g/mol. The molecule has 1 atom stereocenters. The molecule has 13 heteroatoms. The quantitative estimate of drug-likeness (QED) is 0.0847. The van der Waals surface area contributed by atoms with E-state index >= 15 is 0 Å². The number of anilines is 3. The summed E-state index contributed by atoms with van der Waals surface area (Å²) in [6.45, 7) is 3.09. The summed E-state index contributed by atoms with van der Waals surface area (Å²) in [4.78, 5) is 39.8. The predicted molar refractivity (Wildman–Crippen MR) is 180 cm³/mol. The SMILES string of the molecule is Cc1c(NC(=O)CCCCCCC(=O)NOC2CCCCO2)sc2ncnc(Nc3ccc4c(cnn4Cc4cccc(F)c4)c3)c12. The molecule has 1 aliphatic rings. The Morgan fingerprint density at radius 1 is 1.06 bits per heavy atom. The number of halogens is 1. The van der Waals surface area contributed by atoms with Crippen molar-refractivity contribution in [1.29, 1.82) is 0 Å². The Labute approximate surface area is 275 Å². The van der Waals surface area contributed by atoms with Crippen molar-refractivity contribution in [2.45, 2.75) is 77.5 Å². The zero-order valence-electron chi connectivity index (χ0n) is 26.3. The van der Waals surface area contributed by atoms with E-state index in [2.05, 4.69) is 31.2 Å². The number of aromatic nitrogens is 4. The number of rotatable bonds is 14. The molecule has 2 amide bonds. The van der Waals surface area contributed by atoms with Crippen LogP contribution in [0.2, 0.25) is 0 Å². The molecule has 11 nitrogen and oxygen atoms in total. The number of ether oxygens (including phenoxy) is 1. The summed E-state index contributed by atoms with van der Waals surface area (Å²) in [5.41, 5.74) is 5.99. The van der Waals surface area contributed by atoms with Gasteiger partial charge in [-0.25, -0.2) is 24.7 Å². The van der Waals surface area contributed by atoms with Gasteiger partial charge in [0, 0.05) is 36.9 Å². The van der Waals surface area contributed by atoms with E-state index in [-0.39, 0.29) is 23.9 Å². The molecule has 4 heterocycles. The van der Waals surface area contributed by atoms with Gasteiger partial charge >= 0.3 is 0 Å². The Kier molecular flexibility index (Phi) is 10.7. The van der Waals surface area contributed by atoms with Crippen LogP contribution in [0.4, 0.5) is 20.9 Å². The van der Waals surface area contributed by atoms with Gasteiger partial charge in [-0.2, -0.15) is 5.10 Å². The standard InChI is InChI=1S/C34H38FN7O4S/c1-22-31-32(39-26-14-15-27-24(18-26)19-38-42(27)20-23-9-8-10-25(35)17-23)36-21-37-34(31)47-33(22)40-28(43)11-4-2-3-5-12-29(44)41-46-30-13-6-7-16-45-30/h8-10,14-15,17-19,21,30H,2-7,11-13,16,20H2,1H3,(H,40,43)(H,41,44)(H,36,37,39). The molecule has 0 bridgehead atoms. The van der Waals surface area contributed by atoms with Crippen molar-refractivity contribution in [1.82, 2.24) is 25.2 Å². The monoisotopic (exact) mass is 659 g/mol. The minimum Gasteiger partial charge on any atom is -0.350 e. The van der Waals surface area contributed by atoms with Crippen LogP contribution in [0.5, 0.6) is 0 Å². The van der Waals surface area contributed by atoms with Crippen molar-refractivity contribution in [3.63, 3.8) is 0 Å². The summed E-state index contributed by atoms with van der Waals surface area (Å²) in [6.07, 6.45) is 9.76. The van der Waals surface area contributed by atoms with Gasteiger partial charge in [0.05, 0.1) is 23.6 Å². The van der Waals surface area contributed by atoms with E-state index in [9.17, 15) is 14.0 Å². The first kappa shape index (κ1) is 32.5. The largest absolute Gasteiger partial charge is 0.350 e. The van der Waals surface area contributed by atoms with Crippen molar-refractivity contribution < 1.29 is 23.6 Å². The molecule has 1 saturated heterocycles. The molecule has 0 radical (unpaired) electrons. The molecule has 47 heavy (non-hydrogen) atoms. The second-order valence-electron chi connectivity index (χ2n) is 11.7. The van der Waals surface area contributed by atoms with Crippen LogP contribution >= 0.6 is 11.3 Å². The third-order valence-electron chi connectivity index (χ3n) is 8.11. The molecule has 3 aromatic heterocycles. The Balaban J connectivity index is 0.989. The number of benzene rings is 2. The average molecular weight is 660 g/mol. The topological polar surface area (TPSA) is 132 Å². The maximum atomic E-state index is 13.7. The molecule has 0 aliphatic carbocycles. The van der Waals surface area contributed by atoms with Crippen LogP contribution < -0.4 is 16.1 Å². The molecule has 1 aliphatic heterocycles. The number of nitrogens with one attached hydrogen (secondary N) is 3. The number of nitrogens with zero attached hydrogens (tertiary/aromatic N) is 4. The molecule has 6 rings (SSSR count). The summed E-state index contributed by atoms with van der Waals surface area (Å²) in [7, 11) is 0. The zero-order valence-corrected chi connectivity index (χ0v) is 27.1. The molecule has 0 spiro atoms. The molecule has 246 valence electrons. The lowest BCUT2D eigenvalue weighted by atomic mass is 10.1. The first-order valence-corrected chi connectivity index (χ1v) is 16.8. The highest BCUT2D eigenvalue weighted by Crippen LogP contribution is 2.38. The van der Waals surface area contributed by atoms with Gasteiger partial charge < -0.3 is 15.4 Å². The van der Waals surface area contributed by atoms with Crippen LogP contribution in [0.1, 0.15) is 68.9 Å².